The SMILES string of the molecule is CC(C)CC(N)C(=O)N1CCCC1C(=O)NC(CC(N)=O)C(=O)NC(CCC(=O)O)C(=O)NC(CCC(=O)O)C(=O)NC(CC(N)=O)C(=O)NC(CCC(=O)O)C(=O)N1CCCC1C(=O)NC(Cc1ccccc1)C(=O)O. The van der Waals surface area contributed by atoms with Crippen LogP contribution in [0.5, 0.6) is 0 Å². The van der Waals surface area contributed by atoms with E-state index < -0.39 is 189 Å². The smallest absolute Gasteiger partial charge is 0.326 e. The van der Waals surface area contributed by atoms with Crippen molar-refractivity contribution >= 4 is 82.9 Å². The summed E-state index contributed by atoms with van der Waals surface area (Å²) < 4.78 is 0. The fourth-order valence-corrected chi connectivity index (χ4v) is 8.72. The lowest BCUT2D eigenvalue weighted by atomic mass is 10.0. The van der Waals surface area contributed by atoms with E-state index in [0.717, 1.165) is 4.90 Å². The monoisotopic (exact) mass is 1090 g/mol. The molecule has 0 bridgehead atoms. The number of rotatable bonds is 32. The van der Waals surface area contributed by atoms with Gasteiger partial charge in [0.25, 0.3) is 0 Å². The standard InChI is InChI=1S/C48H69N11O18/c1-24(2)20-26(49)46(74)58-18-6-10-33(58)44(72)56-31(23-36(51)61)42(70)53-27(12-15-37(62)63)40(68)52-28(13-16-38(64)65)41(69)55-30(22-35(50)60)43(71)54-29(14-17-39(66)67)47(75)59-19-7-11-34(59)45(73)57-32(48(76)77)21-25-8-4-3-5-9-25/h3-5,8-9,24,26-34H,6-7,10-23,49H2,1-2H3,(H2,50,60)(H2,51,61)(H,52,68)(H,53,70)(H,54,71)(H,55,69)(H,56,72)(H,57,73)(H,62,63)(H,64,65)(H,66,67)(H,76,77). The number of primary amides is 2. The van der Waals surface area contributed by atoms with Crippen molar-refractivity contribution in [3.05, 3.63) is 35.9 Å². The Balaban J connectivity index is 1.86. The molecule has 2 aliphatic rings. The molecular formula is C48H69N11O18. The second-order valence-electron chi connectivity index (χ2n) is 19.1. The zero-order valence-corrected chi connectivity index (χ0v) is 42.6. The van der Waals surface area contributed by atoms with Gasteiger partial charge in [-0.05, 0) is 62.8 Å². The van der Waals surface area contributed by atoms with Gasteiger partial charge in [0, 0.05) is 38.8 Å². The topological polar surface area (TPSA) is 477 Å². The number of hydrogen-bond acceptors (Lipinski definition) is 15. The summed E-state index contributed by atoms with van der Waals surface area (Å²) in [6.45, 7) is 3.75. The zero-order valence-electron chi connectivity index (χ0n) is 42.6. The van der Waals surface area contributed by atoms with Crippen molar-refractivity contribution < 1.29 is 87.5 Å². The molecule has 2 fully saturated rings. The first kappa shape index (κ1) is 63.1. The number of carbonyl (C=O) groups excluding carboxylic acids is 10. The first-order chi connectivity index (χ1) is 36.2. The number of carboxylic acids is 4. The number of likely N-dealkylation sites (tertiary alicyclic amines) is 2. The van der Waals surface area contributed by atoms with Crippen LogP contribution < -0.4 is 49.1 Å². The third-order valence-electron chi connectivity index (χ3n) is 12.5. The molecule has 424 valence electrons. The van der Waals surface area contributed by atoms with Crippen molar-refractivity contribution in [3.63, 3.8) is 0 Å². The van der Waals surface area contributed by atoms with Crippen LogP contribution in [0.3, 0.4) is 0 Å². The van der Waals surface area contributed by atoms with Crippen molar-refractivity contribution in [1.29, 1.82) is 0 Å². The molecule has 2 heterocycles. The highest BCUT2D eigenvalue weighted by Gasteiger charge is 2.42. The van der Waals surface area contributed by atoms with Crippen molar-refractivity contribution in [2.24, 2.45) is 23.1 Å². The lowest BCUT2D eigenvalue weighted by molar-refractivity contribution is -0.145. The molecule has 1 aromatic carbocycles. The van der Waals surface area contributed by atoms with Crippen LogP contribution in [0.4, 0.5) is 0 Å². The number of nitrogens with zero attached hydrogens (tertiary/aromatic N) is 2. The maximum atomic E-state index is 14.1. The molecule has 0 aliphatic carbocycles. The van der Waals surface area contributed by atoms with Crippen LogP contribution in [0.1, 0.15) is 103 Å². The highest BCUT2D eigenvalue weighted by Crippen LogP contribution is 2.22. The Morgan fingerprint density at radius 3 is 1.32 bits per heavy atom. The number of aliphatic carboxylic acids is 4. The molecule has 3 rings (SSSR count). The molecule has 0 radical (unpaired) electrons. The molecule has 0 aromatic heterocycles. The Hall–Kier alpha value is -8.24. The van der Waals surface area contributed by atoms with Crippen molar-refractivity contribution in [2.45, 2.75) is 158 Å². The number of nitrogens with two attached hydrogens (primary N) is 3. The summed E-state index contributed by atoms with van der Waals surface area (Å²) in [4.78, 5) is 184. The number of nitrogens with one attached hydrogen (secondary N) is 6. The Morgan fingerprint density at radius 1 is 0.532 bits per heavy atom. The average molecular weight is 1090 g/mol. The lowest BCUT2D eigenvalue weighted by Crippen LogP contribution is -2.60. The molecule has 29 heteroatoms. The van der Waals surface area contributed by atoms with Crippen molar-refractivity contribution in [1.82, 2.24) is 41.7 Å². The van der Waals surface area contributed by atoms with E-state index in [2.05, 4.69) is 31.9 Å². The minimum Gasteiger partial charge on any atom is -0.481 e. The summed E-state index contributed by atoms with van der Waals surface area (Å²) in [6, 6.07) is -5.87. The zero-order chi connectivity index (χ0) is 57.7. The van der Waals surface area contributed by atoms with Crippen LogP contribution in [0, 0.1) is 5.92 Å². The number of amides is 10. The van der Waals surface area contributed by atoms with Crippen LogP contribution in [0.2, 0.25) is 0 Å². The molecule has 2 aliphatic heterocycles. The molecule has 29 nitrogen and oxygen atoms in total. The minimum atomic E-state index is -2.02. The second-order valence-corrected chi connectivity index (χ2v) is 19.1. The molecule has 9 unspecified atom stereocenters. The van der Waals surface area contributed by atoms with Crippen LogP contribution in [0.25, 0.3) is 0 Å². The van der Waals surface area contributed by atoms with E-state index >= 15 is 0 Å². The third-order valence-corrected chi connectivity index (χ3v) is 12.5. The summed E-state index contributed by atoms with van der Waals surface area (Å²) in [5.41, 5.74) is 17.5. The largest absolute Gasteiger partial charge is 0.481 e. The average Bonchev–Trinajstić information content (AvgIpc) is 4.05. The van der Waals surface area contributed by atoms with Crippen LogP contribution >= 0.6 is 0 Å². The van der Waals surface area contributed by atoms with Crippen LogP contribution in [-0.2, 0) is 73.5 Å². The summed E-state index contributed by atoms with van der Waals surface area (Å²) >= 11 is 0. The molecule has 77 heavy (non-hydrogen) atoms. The predicted octanol–water partition coefficient (Wildman–Crippen LogP) is -4.08. The molecule has 0 spiro atoms. The Bertz CT molecular complexity index is 2370. The number of carbonyl (C=O) groups is 14. The van der Waals surface area contributed by atoms with Gasteiger partial charge >= 0.3 is 23.9 Å². The van der Waals surface area contributed by atoms with Crippen LogP contribution in [-0.4, -0.2) is 181 Å². The maximum Gasteiger partial charge on any atom is 0.326 e. The summed E-state index contributed by atoms with van der Waals surface area (Å²) in [7, 11) is 0. The Labute approximate surface area is 441 Å². The molecule has 9 atom stereocenters. The van der Waals surface area contributed by atoms with Gasteiger partial charge in [0.05, 0.1) is 18.9 Å². The molecule has 1 aromatic rings. The summed E-state index contributed by atoms with van der Waals surface area (Å²) in [6.07, 6.45) is -5.32. The number of carboxylic acid groups (broad SMARTS) is 4. The first-order valence-corrected chi connectivity index (χ1v) is 24.9. The maximum absolute atomic E-state index is 14.1. The van der Waals surface area contributed by atoms with Gasteiger partial charge < -0.3 is 79.3 Å². The Kier molecular flexibility index (Phi) is 24.8. The normalized spacial score (nSPS) is 17.7. The van der Waals surface area contributed by atoms with E-state index in [0.29, 0.717) is 18.4 Å². The van der Waals surface area contributed by atoms with E-state index in [1.165, 1.54) is 4.90 Å². The van der Waals surface area contributed by atoms with Crippen molar-refractivity contribution in [3.8, 4) is 0 Å². The molecule has 0 saturated carbocycles. The number of hydrogen-bond donors (Lipinski definition) is 13. The van der Waals surface area contributed by atoms with E-state index in [-0.39, 0.29) is 44.7 Å². The first-order valence-electron chi connectivity index (χ1n) is 24.9. The summed E-state index contributed by atoms with van der Waals surface area (Å²) in [5.74, 6) is -16.6. The van der Waals surface area contributed by atoms with Gasteiger partial charge in [-0.3, -0.25) is 62.3 Å². The highest BCUT2D eigenvalue weighted by molar-refractivity contribution is 6.00. The van der Waals surface area contributed by atoms with E-state index in [1.54, 1.807) is 30.3 Å². The van der Waals surface area contributed by atoms with E-state index in [4.69, 9.17) is 17.2 Å². The van der Waals surface area contributed by atoms with E-state index in [9.17, 15) is 87.5 Å². The number of benzene rings is 1. The van der Waals surface area contributed by atoms with E-state index in [1.807, 2.05) is 13.8 Å². The second kappa shape index (κ2) is 30.3. The van der Waals surface area contributed by atoms with Crippen LogP contribution in [0.15, 0.2) is 30.3 Å². The molecule has 2 saturated heterocycles. The molecular weight excluding hydrogens is 1020 g/mol. The van der Waals surface area contributed by atoms with Gasteiger partial charge in [-0.1, -0.05) is 44.2 Å². The fraction of sp³-hybridized carbons (Fsp3) is 0.583. The third kappa shape index (κ3) is 20.8. The van der Waals surface area contributed by atoms with Crippen molar-refractivity contribution in [2.75, 3.05) is 13.1 Å². The molecule has 10 amide bonds. The van der Waals surface area contributed by atoms with Gasteiger partial charge in [-0.25, -0.2) is 4.79 Å². The lowest BCUT2D eigenvalue weighted by Gasteiger charge is -2.30. The fourth-order valence-electron chi connectivity index (χ4n) is 8.72. The predicted molar refractivity (Wildman–Crippen MR) is 264 cm³/mol. The molecule has 16 N–H and O–H groups in total. The van der Waals surface area contributed by atoms with Gasteiger partial charge in [-0.2, -0.15) is 0 Å². The van der Waals surface area contributed by atoms with Gasteiger partial charge in [0.1, 0.15) is 48.3 Å². The Morgan fingerprint density at radius 2 is 0.909 bits per heavy atom. The quantitative estimate of drug-likeness (QED) is 0.0326. The highest BCUT2D eigenvalue weighted by atomic mass is 16.4. The minimum absolute atomic E-state index is 0.0371. The van der Waals surface area contributed by atoms with Gasteiger partial charge in [0.15, 0.2) is 0 Å². The van der Waals surface area contributed by atoms with Gasteiger partial charge in [-0.15, -0.1) is 0 Å². The summed E-state index contributed by atoms with van der Waals surface area (Å²) in [5, 5.41) is 52.0. The van der Waals surface area contributed by atoms with Gasteiger partial charge in [0.2, 0.25) is 59.1 Å².